The number of nitrogens with zero attached hydrogens (tertiary/aromatic N) is 1. The average Bonchev–Trinajstić information content (AvgIpc) is 2.74. The van der Waals surface area contributed by atoms with Gasteiger partial charge >= 0.3 is 6.03 Å². The molecule has 1 heterocycles. The zero-order valence-corrected chi connectivity index (χ0v) is 14.6. The molecule has 0 aromatic carbocycles. The maximum Gasteiger partial charge on any atom is 0.314 e. The topological polar surface area (TPSA) is 64.6 Å². The van der Waals surface area contributed by atoms with Crippen molar-refractivity contribution in [2.24, 2.45) is 11.8 Å². The van der Waals surface area contributed by atoms with Gasteiger partial charge in [0.15, 0.2) is 0 Å². The van der Waals surface area contributed by atoms with Crippen molar-refractivity contribution in [2.75, 3.05) is 32.8 Å². The molecule has 1 aliphatic heterocycles. The number of hydrogen-bond acceptors (Lipinski definition) is 3. The molecule has 1 rings (SSSR count). The van der Waals surface area contributed by atoms with E-state index in [1.807, 2.05) is 6.92 Å². The van der Waals surface area contributed by atoms with Gasteiger partial charge in [-0.15, -0.1) is 0 Å². The molecule has 1 aliphatic rings. The monoisotopic (exact) mass is 313 g/mol. The third-order valence-electron chi connectivity index (χ3n) is 4.58. The van der Waals surface area contributed by atoms with E-state index in [0.29, 0.717) is 31.0 Å². The van der Waals surface area contributed by atoms with Crippen LogP contribution in [0.4, 0.5) is 4.79 Å². The fourth-order valence-corrected chi connectivity index (χ4v) is 3.06. The van der Waals surface area contributed by atoms with E-state index in [1.54, 1.807) is 0 Å². The van der Waals surface area contributed by atoms with Crippen molar-refractivity contribution in [3.63, 3.8) is 0 Å². The molecule has 0 bridgehead atoms. The first-order valence-electron chi connectivity index (χ1n) is 8.91. The average molecular weight is 313 g/mol. The number of nitrogens with one attached hydrogen (secondary N) is 2. The smallest absolute Gasteiger partial charge is 0.314 e. The molecular weight excluding hydrogens is 278 g/mol. The van der Waals surface area contributed by atoms with E-state index < -0.39 is 0 Å². The van der Waals surface area contributed by atoms with E-state index in [2.05, 4.69) is 29.4 Å². The minimum atomic E-state index is -0.0924. The lowest BCUT2D eigenvalue weighted by molar-refractivity contribution is 0.156. The van der Waals surface area contributed by atoms with Gasteiger partial charge in [0.2, 0.25) is 0 Å². The molecule has 5 heteroatoms. The summed E-state index contributed by atoms with van der Waals surface area (Å²) < 4.78 is 0. The predicted octanol–water partition coefficient (Wildman–Crippen LogP) is 2.20. The number of aliphatic hydroxyl groups is 1. The van der Waals surface area contributed by atoms with Gasteiger partial charge in [-0.05, 0) is 44.2 Å². The molecule has 22 heavy (non-hydrogen) atoms. The third-order valence-corrected chi connectivity index (χ3v) is 4.58. The van der Waals surface area contributed by atoms with Crippen LogP contribution in [-0.2, 0) is 0 Å². The first kappa shape index (κ1) is 19.2. The first-order chi connectivity index (χ1) is 10.5. The largest absolute Gasteiger partial charge is 0.396 e. The van der Waals surface area contributed by atoms with E-state index >= 15 is 0 Å². The van der Waals surface area contributed by atoms with Gasteiger partial charge in [-0.25, -0.2) is 4.79 Å². The lowest BCUT2D eigenvalue weighted by Gasteiger charge is -2.33. The molecule has 2 unspecified atom stereocenters. The van der Waals surface area contributed by atoms with Gasteiger partial charge in [0, 0.05) is 25.7 Å². The Balaban J connectivity index is 2.35. The summed E-state index contributed by atoms with van der Waals surface area (Å²) in [6, 6.07) is 0.323. The predicted molar refractivity (Wildman–Crippen MR) is 90.9 cm³/mol. The van der Waals surface area contributed by atoms with Crippen LogP contribution in [0, 0.1) is 11.8 Å². The molecule has 1 saturated heterocycles. The van der Waals surface area contributed by atoms with Crippen LogP contribution in [0.1, 0.15) is 52.9 Å². The van der Waals surface area contributed by atoms with Crippen LogP contribution in [-0.4, -0.2) is 54.9 Å². The summed E-state index contributed by atoms with van der Waals surface area (Å²) >= 11 is 0. The second-order valence-corrected chi connectivity index (χ2v) is 6.97. The Labute approximate surface area is 135 Å². The molecule has 0 aromatic heterocycles. The molecule has 130 valence electrons. The zero-order chi connectivity index (χ0) is 16.4. The Morgan fingerprint density at radius 1 is 1.05 bits per heavy atom. The zero-order valence-electron chi connectivity index (χ0n) is 14.6. The summed E-state index contributed by atoms with van der Waals surface area (Å²) in [5.41, 5.74) is 0. The lowest BCUT2D eigenvalue weighted by atomic mass is 10.0. The molecule has 5 nitrogen and oxygen atoms in total. The van der Waals surface area contributed by atoms with E-state index in [9.17, 15) is 4.79 Å². The minimum absolute atomic E-state index is 0.0924. The number of urea groups is 1. The molecule has 0 aromatic rings. The maximum absolute atomic E-state index is 11.9. The summed E-state index contributed by atoms with van der Waals surface area (Å²) in [4.78, 5) is 14.5. The summed E-state index contributed by atoms with van der Waals surface area (Å²) in [5.74, 6) is 0.842. The second-order valence-electron chi connectivity index (χ2n) is 6.97. The van der Waals surface area contributed by atoms with E-state index in [0.717, 1.165) is 19.5 Å². The van der Waals surface area contributed by atoms with Crippen LogP contribution >= 0.6 is 0 Å². The molecular formula is C17H35N3O2. The van der Waals surface area contributed by atoms with Gasteiger partial charge in [0.05, 0.1) is 0 Å². The van der Waals surface area contributed by atoms with E-state index in [1.165, 1.54) is 25.7 Å². The first-order valence-corrected chi connectivity index (χ1v) is 8.91. The Morgan fingerprint density at radius 2 is 1.64 bits per heavy atom. The summed E-state index contributed by atoms with van der Waals surface area (Å²) in [6.45, 7) is 10.3. The minimum Gasteiger partial charge on any atom is -0.396 e. The van der Waals surface area contributed by atoms with Crippen LogP contribution in [0.2, 0.25) is 0 Å². The Morgan fingerprint density at radius 3 is 2.18 bits per heavy atom. The fourth-order valence-electron chi connectivity index (χ4n) is 3.06. The van der Waals surface area contributed by atoms with Gasteiger partial charge in [-0.3, -0.25) is 4.90 Å². The number of amides is 2. The molecule has 0 spiro atoms. The van der Waals surface area contributed by atoms with Crippen molar-refractivity contribution < 1.29 is 9.90 Å². The summed E-state index contributed by atoms with van der Waals surface area (Å²) in [5, 5.41) is 14.8. The highest BCUT2D eigenvalue weighted by Crippen LogP contribution is 2.17. The van der Waals surface area contributed by atoms with Crippen LogP contribution in [0.15, 0.2) is 0 Å². The van der Waals surface area contributed by atoms with Crippen molar-refractivity contribution in [3.8, 4) is 0 Å². The van der Waals surface area contributed by atoms with Crippen LogP contribution in [0.3, 0.4) is 0 Å². The Kier molecular flexibility index (Phi) is 9.48. The number of rotatable bonds is 8. The Hall–Kier alpha value is -0.810. The highest BCUT2D eigenvalue weighted by atomic mass is 16.3. The van der Waals surface area contributed by atoms with E-state index in [4.69, 9.17) is 5.11 Å². The number of hydrogen-bond donors (Lipinski definition) is 3. The van der Waals surface area contributed by atoms with Gasteiger partial charge in [-0.1, -0.05) is 33.6 Å². The van der Waals surface area contributed by atoms with Crippen molar-refractivity contribution in [2.45, 2.75) is 58.9 Å². The van der Waals surface area contributed by atoms with Gasteiger partial charge in [-0.2, -0.15) is 0 Å². The van der Waals surface area contributed by atoms with Crippen molar-refractivity contribution >= 4 is 6.03 Å². The maximum atomic E-state index is 11.9. The highest BCUT2D eigenvalue weighted by molar-refractivity contribution is 5.73. The molecule has 1 fully saturated rings. The normalized spacial score (nSPS) is 19.5. The molecule has 0 saturated carbocycles. The van der Waals surface area contributed by atoms with Crippen LogP contribution < -0.4 is 10.6 Å². The molecule has 0 aliphatic carbocycles. The fraction of sp³-hybridized carbons (Fsp3) is 0.941. The molecule has 0 radical (unpaired) electrons. The van der Waals surface area contributed by atoms with Crippen molar-refractivity contribution in [1.29, 1.82) is 0 Å². The number of aliphatic hydroxyl groups excluding tert-OH is 1. The standard InChI is InChI=1S/C17H35N3O2/c1-14(2)16(20-9-6-4-5-7-10-20)13-19-17(22)18-12-15(3)8-11-21/h14-16,21H,4-13H2,1-3H3,(H2,18,19,22). The van der Waals surface area contributed by atoms with Gasteiger partial charge in [0.25, 0.3) is 0 Å². The SMILES string of the molecule is CC(CCO)CNC(=O)NCC(C(C)C)N1CCCCCC1. The number of carbonyl (C=O) groups excluding carboxylic acids is 1. The lowest BCUT2D eigenvalue weighted by Crippen LogP contribution is -2.49. The van der Waals surface area contributed by atoms with Crippen LogP contribution in [0.25, 0.3) is 0 Å². The summed E-state index contributed by atoms with van der Waals surface area (Å²) in [6.07, 6.45) is 5.93. The Bertz CT molecular complexity index is 302. The molecule has 3 N–H and O–H groups in total. The quantitative estimate of drug-likeness (QED) is 0.644. The number of likely N-dealkylation sites (tertiary alicyclic amines) is 1. The third kappa shape index (κ3) is 7.45. The summed E-state index contributed by atoms with van der Waals surface area (Å²) in [7, 11) is 0. The van der Waals surface area contributed by atoms with Crippen LogP contribution in [0.5, 0.6) is 0 Å². The van der Waals surface area contributed by atoms with E-state index in [-0.39, 0.29) is 12.6 Å². The van der Waals surface area contributed by atoms with Crippen molar-refractivity contribution in [3.05, 3.63) is 0 Å². The number of carbonyl (C=O) groups is 1. The molecule has 2 amide bonds. The highest BCUT2D eigenvalue weighted by Gasteiger charge is 2.23. The van der Waals surface area contributed by atoms with Crippen molar-refractivity contribution in [1.82, 2.24) is 15.5 Å². The second kappa shape index (κ2) is 10.8. The molecule has 2 atom stereocenters. The van der Waals surface area contributed by atoms with Gasteiger partial charge in [0.1, 0.15) is 0 Å². The van der Waals surface area contributed by atoms with Gasteiger partial charge < -0.3 is 15.7 Å².